The van der Waals surface area contributed by atoms with Gasteiger partial charge in [0.15, 0.2) is 5.78 Å². The van der Waals surface area contributed by atoms with Gasteiger partial charge in [0.25, 0.3) is 0 Å². The summed E-state index contributed by atoms with van der Waals surface area (Å²) in [5, 5.41) is 0. The van der Waals surface area contributed by atoms with Crippen LogP contribution in [0.5, 0.6) is 0 Å². The number of carbonyl (C=O) groups excluding carboxylic acids is 1. The molecular weight excluding hydrogens is 210 g/mol. The van der Waals surface area contributed by atoms with Gasteiger partial charge in [0.2, 0.25) is 0 Å². The van der Waals surface area contributed by atoms with Gasteiger partial charge in [-0.05, 0) is 39.0 Å². The Morgan fingerprint density at radius 3 is 2.94 bits per heavy atom. The molecule has 1 heterocycles. The highest BCUT2D eigenvalue weighted by molar-refractivity contribution is 5.91. The smallest absolute Gasteiger partial charge is 0.157 e. The van der Waals surface area contributed by atoms with Gasteiger partial charge in [-0.3, -0.25) is 4.79 Å². The van der Waals surface area contributed by atoms with Crippen molar-refractivity contribution in [2.24, 2.45) is 0 Å². The first-order chi connectivity index (χ1) is 8.26. The van der Waals surface area contributed by atoms with Crippen molar-refractivity contribution in [3.8, 4) is 0 Å². The average molecular weight is 233 g/mol. The number of nitrogens with zero attached hydrogens (tertiary/aromatic N) is 1. The maximum Gasteiger partial charge on any atom is 0.157 e. The summed E-state index contributed by atoms with van der Waals surface area (Å²) in [7, 11) is 0. The van der Waals surface area contributed by atoms with E-state index in [2.05, 4.69) is 24.8 Å². The molecule has 1 unspecified atom stereocenters. The summed E-state index contributed by atoms with van der Waals surface area (Å²) in [5.74, 6) is 0.315. The number of hydrogen-bond donors (Lipinski definition) is 0. The van der Waals surface area contributed by atoms with E-state index in [-0.39, 0.29) is 0 Å². The molecule has 0 spiro atoms. The lowest BCUT2D eigenvalue weighted by molar-refractivity contribution is -0.115. The molecular formula is C15H23NO. The highest BCUT2D eigenvalue weighted by Crippen LogP contribution is 2.32. The number of likely N-dealkylation sites (tertiary alicyclic amines) is 1. The molecule has 17 heavy (non-hydrogen) atoms. The molecule has 0 aromatic carbocycles. The zero-order valence-electron chi connectivity index (χ0n) is 11.0. The lowest BCUT2D eigenvalue weighted by Gasteiger charge is -2.32. The lowest BCUT2D eigenvalue weighted by Crippen LogP contribution is -2.31. The highest BCUT2D eigenvalue weighted by atomic mass is 16.1. The maximum atomic E-state index is 11.5. The second-order valence-electron chi connectivity index (χ2n) is 5.02. The van der Waals surface area contributed by atoms with Crippen LogP contribution < -0.4 is 0 Å². The van der Waals surface area contributed by atoms with Gasteiger partial charge in [0.05, 0.1) is 0 Å². The monoisotopic (exact) mass is 233 g/mol. The van der Waals surface area contributed by atoms with Gasteiger partial charge < -0.3 is 4.90 Å². The Labute approximate surface area is 104 Å². The Kier molecular flexibility index (Phi) is 4.03. The van der Waals surface area contributed by atoms with E-state index in [0.717, 1.165) is 32.2 Å². The third-order valence-electron chi connectivity index (χ3n) is 4.01. The van der Waals surface area contributed by atoms with Crippen molar-refractivity contribution in [3.05, 3.63) is 23.4 Å². The molecule has 1 aliphatic carbocycles. The molecule has 1 aliphatic heterocycles. The largest absolute Gasteiger partial charge is 0.368 e. The SMILES string of the molecule is C/C=C(\CC)C1CCCN1C1=CC(=O)CCC1. The summed E-state index contributed by atoms with van der Waals surface area (Å²) >= 11 is 0. The average Bonchev–Trinajstić information content (AvgIpc) is 2.80. The third kappa shape index (κ3) is 2.62. The second kappa shape index (κ2) is 5.52. The van der Waals surface area contributed by atoms with Crippen LogP contribution in [0.3, 0.4) is 0 Å². The van der Waals surface area contributed by atoms with Gasteiger partial charge in [-0.15, -0.1) is 0 Å². The van der Waals surface area contributed by atoms with Gasteiger partial charge >= 0.3 is 0 Å². The van der Waals surface area contributed by atoms with E-state index in [1.165, 1.54) is 24.1 Å². The molecule has 0 bridgehead atoms. The number of carbonyl (C=O) groups is 1. The maximum absolute atomic E-state index is 11.5. The lowest BCUT2D eigenvalue weighted by atomic mass is 9.98. The van der Waals surface area contributed by atoms with Crippen LogP contribution in [0.1, 0.15) is 52.4 Å². The van der Waals surface area contributed by atoms with Gasteiger partial charge in [-0.25, -0.2) is 0 Å². The van der Waals surface area contributed by atoms with Crippen LogP contribution in [0.15, 0.2) is 23.4 Å². The van der Waals surface area contributed by atoms with Crippen molar-refractivity contribution in [2.75, 3.05) is 6.54 Å². The van der Waals surface area contributed by atoms with E-state index in [1.54, 1.807) is 0 Å². The van der Waals surface area contributed by atoms with Crippen LogP contribution in [-0.2, 0) is 4.79 Å². The molecule has 0 saturated carbocycles. The summed E-state index contributed by atoms with van der Waals surface area (Å²) in [6.45, 7) is 5.49. The van der Waals surface area contributed by atoms with Crippen molar-refractivity contribution >= 4 is 5.78 Å². The molecule has 2 aliphatic rings. The van der Waals surface area contributed by atoms with Crippen LogP contribution >= 0.6 is 0 Å². The fourth-order valence-corrected chi connectivity index (χ4v) is 3.13. The predicted octanol–water partition coefficient (Wildman–Crippen LogP) is 3.44. The first-order valence-electron chi connectivity index (χ1n) is 6.91. The summed E-state index contributed by atoms with van der Waals surface area (Å²) in [6.07, 6.45) is 10.6. The molecule has 2 nitrogen and oxygen atoms in total. The van der Waals surface area contributed by atoms with Crippen LogP contribution in [0.2, 0.25) is 0 Å². The fraction of sp³-hybridized carbons (Fsp3) is 0.667. The normalized spacial score (nSPS) is 26.4. The molecule has 0 radical (unpaired) electrons. The van der Waals surface area contributed by atoms with Crippen molar-refractivity contribution in [1.82, 2.24) is 4.90 Å². The second-order valence-corrected chi connectivity index (χ2v) is 5.02. The molecule has 94 valence electrons. The van der Waals surface area contributed by atoms with Crippen molar-refractivity contribution in [2.45, 2.75) is 58.4 Å². The molecule has 1 saturated heterocycles. The first-order valence-corrected chi connectivity index (χ1v) is 6.91. The molecule has 1 fully saturated rings. The van der Waals surface area contributed by atoms with E-state index in [9.17, 15) is 4.79 Å². The molecule has 1 atom stereocenters. The van der Waals surface area contributed by atoms with Gasteiger partial charge in [0, 0.05) is 30.8 Å². The summed E-state index contributed by atoms with van der Waals surface area (Å²) in [4.78, 5) is 14.0. The zero-order valence-corrected chi connectivity index (χ0v) is 11.0. The first kappa shape index (κ1) is 12.4. The Morgan fingerprint density at radius 1 is 1.47 bits per heavy atom. The molecule has 2 rings (SSSR count). The molecule has 0 N–H and O–H groups in total. The van der Waals surface area contributed by atoms with Crippen molar-refractivity contribution < 1.29 is 4.79 Å². The fourth-order valence-electron chi connectivity index (χ4n) is 3.13. The third-order valence-corrected chi connectivity index (χ3v) is 4.01. The van der Waals surface area contributed by atoms with E-state index >= 15 is 0 Å². The molecule has 0 aromatic rings. The predicted molar refractivity (Wildman–Crippen MR) is 70.7 cm³/mol. The minimum atomic E-state index is 0.315. The van der Waals surface area contributed by atoms with E-state index in [0.29, 0.717) is 11.8 Å². The molecule has 0 amide bonds. The van der Waals surface area contributed by atoms with Crippen molar-refractivity contribution in [3.63, 3.8) is 0 Å². The Bertz CT molecular complexity index is 354. The Balaban J connectivity index is 2.17. The van der Waals surface area contributed by atoms with Gasteiger partial charge in [-0.1, -0.05) is 18.6 Å². The van der Waals surface area contributed by atoms with E-state index < -0.39 is 0 Å². The van der Waals surface area contributed by atoms with Crippen LogP contribution in [0, 0.1) is 0 Å². The zero-order chi connectivity index (χ0) is 12.3. The van der Waals surface area contributed by atoms with Gasteiger partial charge in [-0.2, -0.15) is 0 Å². The molecule has 0 aromatic heterocycles. The van der Waals surface area contributed by atoms with E-state index in [1.807, 2.05) is 6.08 Å². The Hall–Kier alpha value is -1.05. The minimum Gasteiger partial charge on any atom is -0.368 e. The number of ketones is 1. The van der Waals surface area contributed by atoms with E-state index in [4.69, 9.17) is 0 Å². The van der Waals surface area contributed by atoms with Crippen LogP contribution in [-0.4, -0.2) is 23.3 Å². The summed E-state index contributed by atoms with van der Waals surface area (Å²) < 4.78 is 0. The quantitative estimate of drug-likeness (QED) is 0.696. The number of allylic oxidation sites excluding steroid dienone is 3. The number of rotatable bonds is 3. The minimum absolute atomic E-state index is 0.315. The van der Waals surface area contributed by atoms with Crippen LogP contribution in [0.4, 0.5) is 0 Å². The van der Waals surface area contributed by atoms with Gasteiger partial charge in [0.1, 0.15) is 0 Å². The van der Waals surface area contributed by atoms with Crippen molar-refractivity contribution in [1.29, 1.82) is 0 Å². The summed E-state index contributed by atoms with van der Waals surface area (Å²) in [5.41, 5.74) is 2.82. The number of hydrogen-bond acceptors (Lipinski definition) is 2. The van der Waals surface area contributed by atoms with Crippen LogP contribution in [0.25, 0.3) is 0 Å². The molecule has 2 heteroatoms. The highest BCUT2D eigenvalue weighted by Gasteiger charge is 2.29. The standard InChI is InChI=1S/C15H23NO/c1-3-12(4-2)15-9-6-10-16(15)13-7-5-8-14(17)11-13/h3,11,15H,4-10H2,1-2H3/b12-3+. The summed E-state index contributed by atoms with van der Waals surface area (Å²) in [6, 6.07) is 0.558. The topological polar surface area (TPSA) is 20.3 Å². The Morgan fingerprint density at radius 2 is 2.29 bits per heavy atom.